The number of rotatable bonds is 14. The number of nitrogens with zero attached hydrogens (tertiary/aromatic N) is 3. The summed E-state index contributed by atoms with van der Waals surface area (Å²) in [5, 5.41) is 0.786. The normalized spacial score (nSPS) is 10.8. The Morgan fingerprint density at radius 2 is 0.772 bits per heavy atom. The first-order valence-corrected chi connectivity index (χ1v) is 19.8. The lowest BCUT2D eigenvalue weighted by Crippen LogP contribution is -2.17. The number of anilines is 3. The molecule has 0 saturated carbocycles. The molecule has 0 heterocycles. The van der Waals surface area contributed by atoms with Crippen molar-refractivity contribution >= 4 is 44.6 Å². The zero-order chi connectivity index (χ0) is 41.2. The van der Waals surface area contributed by atoms with Crippen LogP contribution in [0.3, 0.4) is 0 Å². The molecule has 0 aliphatic rings. The van der Waals surface area contributed by atoms with Crippen LogP contribution in [0.2, 0.25) is 5.02 Å². The summed E-state index contributed by atoms with van der Waals surface area (Å²) in [5.41, 5.74) is 27.0. The molecule has 0 bridgehead atoms. The minimum Gasteiger partial charge on any atom is -0.493 e. The van der Waals surface area contributed by atoms with Crippen molar-refractivity contribution in [2.24, 2.45) is 0 Å². The first-order chi connectivity index (χ1) is 27.4. The average Bonchev–Trinajstić information content (AvgIpc) is 3.19. The molecular weight excluding hydrogens is 796 g/mol. The molecule has 6 rings (SSSR count). The summed E-state index contributed by atoms with van der Waals surface area (Å²) in [5.74, 6) is 1.51. The van der Waals surface area contributed by atoms with E-state index >= 15 is 0 Å². The van der Waals surface area contributed by atoms with Gasteiger partial charge in [0.15, 0.2) is 11.5 Å². The highest BCUT2D eigenvalue weighted by atomic mass is 79.9. The van der Waals surface area contributed by atoms with E-state index < -0.39 is 0 Å². The smallest absolute Gasteiger partial charge is 0.161 e. The van der Waals surface area contributed by atoms with Crippen LogP contribution >= 0.6 is 27.5 Å². The number of ether oxygens (including phenoxy) is 2. The van der Waals surface area contributed by atoms with Crippen LogP contribution in [0.25, 0.3) is 0 Å². The molecule has 0 spiro atoms. The van der Waals surface area contributed by atoms with Crippen LogP contribution < -0.4 is 26.7 Å². The Morgan fingerprint density at radius 3 is 1.14 bits per heavy atom. The van der Waals surface area contributed by atoms with E-state index in [0.717, 1.165) is 77.3 Å². The van der Waals surface area contributed by atoms with Crippen molar-refractivity contribution < 1.29 is 9.47 Å². The largest absolute Gasteiger partial charge is 0.493 e. The Labute approximate surface area is 352 Å². The van der Waals surface area contributed by atoms with Crippen molar-refractivity contribution in [2.45, 2.75) is 39.3 Å². The lowest BCUT2D eigenvalue weighted by Gasteiger charge is -2.18. The summed E-state index contributed by atoms with van der Waals surface area (Å²) in [6.07, 6.45) is 0. The van der Waals surface area contributed by atoms with Gasteiger partial charge in [0.25, 0.3) is 0 Å². The second-order valence-corrected chi connectivity index (χ2v) is 15.5. The third-order valence-corrected chi connectivity index (χ3v) is 9.67. The van der Waals surface area contributed by atoms with E-state index in [4.69, 9.17) is 38.3 Å². The number of nitrogens with two attached hydrogens (primary N) is 3. The SMILES string of the molecule is CN(Cc1ccc(N)cc1)Cc1ccc(Br)cc1.CN(Cc1ccc(N)cc1)Cc1cccc(Cl)c1.COc1ccc(CN(C)Cc2ccc(N)cc2)cc1OC. The number of hydrogen-bond donors (Lipinski definition) is 3. The summed E-state index contributed by atoms with van der Waals surface area (Å²) in [7, 11) is 9.60. The molecule has 0 radical (unpaired) electrons. The number of nitrogen functional groups attached to an aromatic ring is 3. The highest BCUT2D eigenvalue weighted by molar-refractivity contribution is 9.10. The minimum atomic E-state index is 0.752. The number of halogens is 2. The number of benzene rings is 6. The van der Waals surface area contributed by atoms with Gasteiger partial charge in [-0.2, -0.15) is 0 Å². The van der Waals surface area contributed by atoms with Crippen molar-refractivity contribution in [1.82, 2.24) is 14.7 Å². The second-order valence-electron chi connectivity index (χ2n) is 14.2. The molecule has 6 N–H and O–H groups in total. The maximum absolute atomic E-state index is 5.97. The maximum atomic E-state index is 5.97. The van der Waals surface area contributed by atoms with E-state index in [1.165, 1.54) is 33.4 Å². The van der Waals surface area contributed by atoms with Crippen LogP contribution in [0.4, 0.5) is 17.1 Å². The average molecular weight is 852 g/mol. The number of methoxy groups -OCH3 is 2. The fourth-order valence-electron chi connectivity index (χ4n) is 6.11. The van der Waals surface area contributed by atoms with E-state index in [1.807, 2.05) is 66.7 Å². The summed E-state index contributed by atoms with van der Waals surface area (Å²) in [6, 6.07) is 46.4. The Bertz CT molecular complexity index is 2020. The fourth-order valence-corrected chi connectivity index (χ4v) is 6.59. The Hall–Kier alpha value is -5.03. The topological polar surface area (TPSA) is 106 Å². The summed E-state index contributed by atoms with van der Waals surface area (Å²) < 4.78 is 11.7. The van der Waals surface area contributed by atoms with E-state index in [9.17, 15) is 0 Å². The quantitative estimate of drug-likeness (QED) is 0.0931. The van der Waals surface area contributed by atoms with Crippen molar-refractivity contribution in [2.75, 3.05) is 52.6 Å². The minimum absolute atomic E-state index is 0.752. The molecule has 0 aromatic heterocycles. The Morgan fingerprint density at radius 1 is 0.439 bits per heavy atom. The van der Waals surface area contributed by atoms with E-state index in [-0.39, 0.29) is 0 Å². The van der Waals surface area contributed by atoms with E-state index in [1.54, 1.807) is 14.2 Å². The molecule has 0 aliphatic heterocycles. The molecule has 6 aromatic carbocycles. The maximum Gasteiger partial charge on any atom is 0.161 e. The van der Waals surface area contributed by atoms with E-state index in [2.05, 4.69) is 125 Å². The third kappa shape index (κ3) is 16.5. The molecule has 0 amide bonds. The van der Waals surface area contributed by atoms with Gasteiger partial charge < -0.3 is 26.7 Å². The van der Waals surface area contributed by atoms with Gasteiger partial charge in [-0.1, -0.05) is 94.3 Å². The third-order valence-electron chi connectivity index (χ3n) is 8.90. The lowest BCUT2D eigenvalue weighted by molar-refractivity contribution is 0.316. The first kappa shape index (κ1) is 44.7. The van der Waals surface area contributed by atoms with Gasteiger partial charge in [-0.15, -0.1) is 0 Å². The highest BCUT2D eigenvalue weighted by Crippen LogP contribution is 2.28. The summed E-state index contributed by atoms with van der Waals surface area (Å²) >= 11 is 9.42. The standard InChI is InChI=1S/C17H22N2O2.C15H17BrN2.C15H17ClN2/c1-19(11-13-4-7-15(18)8-5-13)12-14-6-9-16(20-2)17(10-14)21-3;1-18(10-12-2-6-14(16)7-3-12)11-13-4-8-15(17)9-5-13;1-18(10-12-5-7-15(17)8-6-12)11-13-3-2-4-14(16)9-13/h4-10H,11-12,18H2,1-3H3;2*2-9H,10-11,17H2,1H3. The van der Waals surface area contributed by atoms with Gasteiger partial charge in [0.1, 0.15) is 0 Å². The van der Waals surface area contributed by atoms with Crippen molar-refractivity contribution in [3.05, 3.63) is 182 Å². The van der Waals surface area contributed by atoms with Crippen LogP contribution in [0.1, 0.15) is 33.4 Å². The summed E-state index contributed by atoms with van der Waals surface area (Å²) in [6.45, 7) is 5.35. The van der Waals surface area contributed by atoms with Gasteiger partial charge in [0, 0.05) is 65.8 Å². The molecule has 0 atom stereocenters. The molecule has 10 heteroatoms. The molecule has 6 aromatic rings. The predicted molar refractivity (Wildman–Crippen MR) is 243 cm³/mol. The Balaban J connectivity index is 0.000000190. The van der Waals surface area contributed by atoms with Crippen LogP contribution in [0.5, 0.6) is 11.5 Å². The molecule has 0 aliphatic carbocycles. The van der Waals surface area contributed by atoms with Crippen LogP contribution in [0.15, 0.2) is 144 Å². The van der Waals surface area contributed by atoms with Gasteiger partial charge in [-0.25, -0.2) is 0 Å². The predicted octanol–water partition coefficient (Wildman–Crippen LogP) is 10.1. The molecule has 300 valence electrons. The molecule has 0 saturated heterocycles. The van der Waals surface area contributed by atoms with Gasteiger partial charge in [-0.05, 0) is 127 Å². The van der Waals surface area contributed by atoms with Crippen molar-refractivity contribution in [3.8, 4) is 11.5 Å². The van der Waals surface area contributed by atoms with Crippen molar-refractivity contribution in [3.63, 3.8) is 0 Å². The monoisotopic (exact) mass is 850 g/mol. The van der Waals surface area contributed by atoms with E-state index in [0.29, 0.717) is 0 Å². The zero-order valence-corrected chi connectivity index (χ0v) is 36.0. The van der Waals surface area contributed by atoms with Crippen molar-refractivity contribution in [1.29, 1.82) is 0 Å². The molecule has 0 fully saturated rings. The fraction of sp³-hybridized carbons (Fsp3) is 0.234. The van der Waals surface area contributed by atoms with Crippen LogP contribution in [-0.4, -0.2) is 50.1 Å². The molecule has 57 heavy (non-hydrogen) atoms. The molecule has 8 nitrogen and oxygen atoms in total. The summed E-state index contributed by atoms with van der Waals surface area (Å²) in [4.78, 5) is 6.78. The molecular formula is C47H56BrClN6O2. The molecule has 0 unspecified atom stereocenters. The van der Waals surface area contributed by atoms with Crippen LogP contribution in [-0.2, 0) is 39.3 Å². The van der Waals surface area contributed by atoms with Gasteiger partial charge in [-0.3, -0.25) is 14.7 Å². The first-order valence-electron chi connectivity index (χ1n) is 18.7. The van der Waals surface area contributed by atoms with Gasteiger partial charge in [0.05, 0.1) is 14.2 Å². The Kier molecular flexibility index (Phi) is 18.2. The second kappa shape index (κ2) is 23.3. The lowest BCUT2D eigenvalue weighted by atomic mass is 10.1. The number of hydrogen-bond acceptors (Lipinski definition) is 8. The highest BCUT2D eigenvalue weighted by Gasteiger charge is 2.08. The zero-order valence-electron chi connectivity index (χ0n) is 33.7. The van der Waals surface area contributed by atoms with Gasteiger partial charge >= 0.3 is 0 Å². The van der Waals surface area contributed by atoms with Gasteiger partial charge in [0.2, 0.25) is 0 Å². The van der Waals surface area contributed by atoms with Crippen LogP contribution in [0, 0.1) is 0 Å².